The van der Waals surface area contributed by atoms with E-state index < -0.39 is 11.2 Å². The number of nitrogen functional groups attached to an aromatic ring is 1. The number of rotatable bonds is 10. The van der Waals surface area contributed by atoms with E-state index in [4.69, 9.17) is 14.9 Å². The highest BCUT2D eigenvalue weighted by atomic mass is 32.2. The summed E-state index contributed by atoms with van der Waals surface area (Å²) >= 11 is 1.11. The lowest BCUT2D eigenvalue weighted by molar-refractivity contribution is -0.116. The first-order valence-corrected chi connectivity index (χ1v) is 10.8. The molecule has 0 aliphatic carbocycles. The zero-order valence-corrected chi connectivity index (χ0v) is 18.2. The van der Waals surface area contributed by atoms with Crippen LogP contribution in [0.3, 0.4) is 0 Å². The first-order valence-electron chi connectivity index (χ1n) is 9.86. The van der Waals surface area contributed by atoms with E-state index in [1.54, 1.807) is 6.07 Å². The number of H-pyrrole nitrogens is 1. The monoisotopic (exact) mass is 447 g/mol. The number of carbonyl (C=O) groups is 1. The number of aromatic nitrogens is 3. The fourth-order valence-electron chi connectivity index (χ4n) is 3.03. The van der Waals surface area contributed by atoms with Gasteiger partial charge in [-0.1, -0.05) is 37.2 Å². The van der Waals surface area contributed by atoms with Crippen molar-refractivity contribution >= 4 is 40.3 Å². The molecule has 0 aliphatic heterocycles. The summed E-state index contributed by atoms with van der Waals surface area (Å²) in [5.74, 6) is -0.468. The van der Waals surface area contributed by atoms with Gasteiger partial charge in [0.15, 0.2) is 11.3 Å². The molecule has 2 aromatic heterocycles. The van der Waals surface area contributed by atoms with Crippen LogP contribution in [-0.4, -0.2) is 46.5 Å². The van der Waals surface area contributed by atoms with Crippen LogP contribution in [0.2, 0.25) is 0 Å². The Morgan fingerprint density at radius 2 is 2.13 bits per heavy atom. The van der Waals surface area contributed by atoms with E-state index in [1.165, 1.54) is 16.6 Å². The van der Waals surface area contributed by atoms with Crippen molar-refractivity contribution in [1.29, 1.82) is 0 Å². The third-order valence-electron chi connectivity index (χ3n) is 4.63. The smallest absolute Gasteiger partial charge is 0.330 e. The summed E-state index contributed by atoms with van der Waals surface area (Å²) in [6.07, 6.45) is 1.54. The van der Waals surface area contributed by atoms with Crippen molar-refractivity contribution in [2.45, 2.75) is 31.5 Å². The number of aromatic amines is 1. The lowest BCUT2D eigenvalue weighted by atomic mass is 10.3. The highest BCUT2D eigenvalue weighted by Gasteiger charge is 2.24. The molecular formula is C20H25N5O5S. The van der Waals surface area contributed by atoms with Crippen LogP contribution < -0.4 is 21.9 Å². The number of para-hydroxylation sites is 2. The summed E-state index contributed by atoms with van der Waals surface area (Å²) in [4.78, 5) is 45.6. The number of fused-ring (bicyclic) bond motifs is 1. The topological polar surface area (TPSA) is 136 Å². The third-order valence-corrected chi connectivity index (χ3v) is 5.45. The number of amides is 1. The largest absolute Gasteiger partial charge is 0.431 e. The van der Waals surface area contributed by atoms with Crippen molar-refractivity contribution in [3.63, 3.8) is 0 Å². The van der Waals surface area contributed by atoms with Crippen molar-refractivity contribution in [2.75, 3.05) is 36.6 Å². The number of methoxy groups -OCH3 is 1. The number of nitrogens with two attached hydrogens (primary N) is 1. The number of oxazole rings is 1. The van der Waals surface area contributed by atoms with Gasteiger partial charge in [0.25, 0.3) is 10.8 Å². The van der Waals surface area contributed by atoms with Gasteiger partial charge in [0.1, 0.15) is 11.3 Å². The average molecular weight is 448 g/mol. The number of nitrogens with one attached hydrogen (secondary N) is 1. The maximum absolute atomic E-state index is 13.0. The summed E-state index contributed by atoms with van der Waals surface area (Å²) in [6.45, 7) is 2.61. The Labute approximate surface area is 182 Å². The van der Waals surface area contributed by atoms with Crippen molar-refractivity contribution < 1.29 is 13.9 Å². The van der Waals surface area contributed by atoms with Gasteiger partial charge in [0.2, 0.25) is 5.91 Å². The van der Waals surface area contributed by atoms with Gasteiger partial charge in [-0.2, -0.15) is 0 Å². The molecule has 0 aliphatic rings. The van der Waals surface area contributed by atoms with Crippen LogP contribution in [0.5, 0.6) is 0 Å². The molecule has 0 unspecified atom stereocenters. The van der Waals surface area contributed by atoms with Gasteiger partial charge in [0, 0.05) is 20.2 Å². The number of nitrogens with zero attached hydrogens (tertiary/aromatic N) is 3. The Morgan fingerprint density at radius 3 is 2.84 bits per heavy atom. The van der Waals surface area contributed by atoms with Crippen molar-refractivity contribution in [3.05, 3.63) is 45.1 Å². The minimum atomic E-state index is -0.716. The van der Waals surface area contributed by atoms with E-state index in [9.17, 15) is 14.4 Å². The van der Waals surface area contributed by atoms with E-state index in [2.05, 4.69) is 9.97 Å². The molecule has 0 atom stereocenters. The molecule has 11 heteroatoms. The molecular weight excluding hydrogens is 422 g/mol. The molecule has 166 valence electrons. The molecule has 0 radical (unpaired) electrons. The Bertz CT molecular complexity index is 1140. The minimum absolute atomic E-state index is 0.0382. The minimum Gasteiger partial charge on any atom is -0.431 e. The van der Waals surface area contributed by atoms with E-state index in [-0.39, 0.29) is 36.3 Å². The fraction of sp³-hybridized carbons (Fsp3) is 0.400. The predicted molar refractivity (Wildman–Crippen MR) is 120 cm³/mol. The van der Waals surface area contributed by atoms with Crippen molar-refractivity contribution in [3.8, 4) is 0 Å². The van der Waals surface area contributed by atoms with Gasteiger partial charge < -0.3 is 19.8 Å². The van der Waals surface area contributed by atoms with Crippen molar-refractivity contribution in [2.24, 2.45) is 0 Å². The van der Waals surface area contributed by atoms with Gasteiger partial charge in [0.05, 0.1) is 12.4 Å². The number of hydrogen-bond acceptors (Lipinski definition) is 8. The first kappa shape index (κ1) is 22.6. The van der Waals surface area contributed by atoms with Crippen LogP contribution in [0, 0.1) is 0 Å². The SMILES string of the molecule is CCCCn1c(N)c(N(CCOC)C(=O)CSc2nc3ccccc3o2)c(=O)[nH]c1=O. The standard InChI is InChI=1S/C20H25N5O5S/c1-3-4-9-25-17(21)16(18(27)23-19(25)28)24(10-11-29-2)15(26)12-31-20-22-13-7-5-6-8-14(13)30-20/h5-8H,3-4,9-12,21H2,1-2H3,(H,23,27,28). The molecule has 3 aromatic rings. The van der Waals surface area contributed by atoms with Gasteiger partial charge in [-0.15, -0.1) is 0 Å². The summed E-state index contributed by atoms with van der Waals surface area (Å²) in [6, 6.07) is 7.29. The molecule has 1 aromatic carbocycles. The summed E-state index contributed by atoms with van der Waals surface area (Å²) in [7, 11) is 1.49. The van der Waals surface area contributed by atoms with Crippen LogP contribution in [-0.2, 0) is 16.1 Å². The van der Waals surface area contributed by atoms with E-state index in [1.807, 2.05) is 25.1 Å². The molecule has 0 bridgehead atoms. The third kappa shape index (κ3) is 5.17. The average Bonchev–Trinajstić information content (AvgIpc) is 3.17. The highest BCUT2D eigenvalue weighted by molar-refractivity contribution is 7.99. The lowest BCUT2D eigenvalue weighted by Gasteiger charge is -2.24. The van der Waals surface area contributed by atoms with Crippen LogP contribution >= 0.6 is 11.8 Å². The maximum Gasteiger partial charge on any atom is 0.330 e. The Kier molecular flexibility index (Phi) is 7.53. The van der Waals surface area contributed by atoms with Crippen LogP contribution in [0.4, 0.5) is 11.5 Å². The number of unbranched alkanes of at least 4 members (excludes halogenated alkanes) is 1. The second-order valence-electron chi connectivity index (χ2n) is 6.77. The van der Waals surface area contributed by atoms with Gasteiger partial charge in [-0.05, 0) is 18.6 Å². The molecule has 1 amide bonds. The zero-order valence-electron chi connectivity index (χ0n) is 17.4. The van der Waals surface area contributed by atoms with E-state index in [0.717, 1.165) is 18.2 Å². The zero-order chi connectivity index (χ0) is 22.4. The molecule has 3 N–H and O–H groups in total. The molecule has 3 rings (SSSR count). The van der Waals surface area contributed by atoms with Crippen LogP contribution in [0.1, 0.15) is 19.8 Å². The summed E-state index contributed by atoms with van der Waals surface area (Å²) in [5, 5.41) is 0.344. The first-order chi connectivity index (χ1) is 15.0. The number of thioether (sulfide) groups is 1. The van der Waals surface area contributed by atoms with Crippen LogP contribution in [0.25, 0.3) is 11.1 Å². The van der Waals surface area contributed by atoms with E-state index >= 15 is 0 Å². The molecule has 0 spiro atoms. The van der Waals surface area contributed by atoms with Gasteiger partial charge in [-0.25, -0.2) is 9.78 Å². The predicted octanol–water partition coefficient (Wildman–Crippen LogP) is 1.83. The number of ether oxygens (including phenoxy) is 1. The van der Waals surface area contributed by atoms with E-state index in [0.29, 0.717) is 29.3 Å². The number of hydrogen-bond donors (Lipinski definition) is 2. The number of anilines is 2. The summed E-state index contributed by atoms with van der Waals surface area (Å²) < 4.78 is 12.0. The molecule has 10 nitrogen and oxygen atoms in total. The molecule has 0 saturated heterocycles. The quantitative estimate of drug-likeness (QED) is 0.449. The second-order valence-corrected chi connectivity index (χ2v) is 7.70. The van der Waals surface area contributed by atoms with Crippen molar-refractivity contribution in [1.82, 2.24) is 14.5 Å². The molecule has 31 heavy (non-hydrogen) atoms. The summed E-state index contributed by atoms with van der Waals surface area (Å²) in [5.41, 5.74) is 6.11. The Hall–Kier alpha value is -3.05. The van der Waals surface area contributed by atoms with Gasteiger partial charge in [-0.3, -0.25) is 19.1 Å². The lowest BCUT2D eigenvalue weighted by Crippen LogP contribution is -2.43. The van der Waals surface area contributed by atoms with Crippen LogP contribution in [0.15, 0.2) is 43.5 Å². The number of carbonyl (C=O) groups excluding carboxylic acids is 1. The highest BCUT2D eigenvalue weighted by Crippen LogP contribution is 2.25. The molecule has 0 fully saturated rings. The normalized spacial score (nSPS) is 11.2. The second kappa shape index (κ2) is 10.3. The Balaban J connectivity index is 1.87. The fourth-order valence-corrected chi connectivity index (χ4v) is 3.75. The number of benzene rings is 1. The molecule has 0 saturated carbocycles. The maximum atomic E-state index is 13.0. The van der Waals surface area contributed by atoms with Gasteiger partial charge >= 0.3 is 5.69 Å². The molecule has 2 heterocycles. The Morgan fingerprint density at radius 1 is 1.35 bits per heavy atom.